The summed E-state index contributed by atoms with van der Waals surface area (Å²) in [6, 6.07) is 25.2. The molecule has 3 nitrogen and oxygen atoms in total. The van der Waals surface area contributed by atoms with E-state index in [2.05, 4.69) is 69.4 Å². The average Bonchev–Trinajstić information content (AvgIpc) is 2.79. The Balaban J connectivity index is 1.32. The molecule has 1 saturated heterocycles. The molecule has 1 aliphatic rings. The highest BCUT2D eigenvalue weighted by atomic mass is 35.5. The number of aromatic nitrogens is 1. The van der Waals surface area contributed by atoms with E-state index in [1.54, 1.807) is 0 Å². The van der Waals surface area contributed by atoms with Crippen molar-refractivity contribution in [2.75, 3.05) is 43.4 Å². The van der Waals surface area contributed by atoms with E-state index in [-0.39, 0.29) is 0 Å². The van der Waals surface area contributed by atoms with Gasteiger partial charge in [0.25, 0.3) is 0 Å². The lowest BCUT2D eigenvalue weighted by atomic mass is 10.0. The largest absolute Gasteiger partial charge is 0.354 e. The molecule has 4 rings (SSSR count). The van der Waals surface area contributed by atoms with E-state index in [0.717, 1.165) is 49.3 Å². The lowest BCUT2D eigenvalue weighted by molar-refractivity contribution is 0.272. The van der Waals surface area contributed by atoms with Gasteiger partial charge < -0.3 is 4.90 Å². The van der Waals surface area contributed by atoms with Gasteiger partial charge in [0, 0.05) is 49.7 Å². The Kier molecular flexibility index (Phi) is 7.09. The van der Waals surface area contributed by atoms with Gasteiger partial charge >= 0.3 is 0 Å². The third-order valence-corrected chi connectivity index (χ3v) is 6.86. The van der Waals surface area contributed by atoms with E-state index in [1.165, 1.54) is 11.1 Å². The minimum Gasteiger partial charge on any atom is -0.354 e. The van der Waals surface area contributed by atoms with Gasteiger partial charge in [-0.25, -0.2) is 4.98 Å². The number of pyridine rings is 1. The van der Waals surface area contributed by atoms with Gasteiger partial charge in [-0.05, 0) is 35.4 Å². The normalized spacial score (nSPS) is 16.0. The first-order valence-electron chi connectivity index (χ1n) is 10.1. The van der Waals surface area contributed by atoms with Crippen LogP contribution in [0.15, 0.2) is 79.0 Å². The lowest BCUT2D eigenvalue weighted by Crippen LogP contribution is -2.47. The first-order chi connectivity index (χ1) is 14.3. The molecule has 0 N–H and O–H groups in total. The molecule has 0 aliphatic carbocycles. The summed E-state index contributed by atoms with van der Waals surface area (Å²) in [5.41, 5.74) is 2.66. The number of halogens is 1. The van der Waals surface area contributed by atoms with E-state index in [0.29, 0.717) is 5.25 Å². The standard InChI is InChI=1S/C24H26ClN3S/c25-22-11-9-21(10-12-22)24(20-6-2-1-3-7-20)29-19-18-27-14-16-28(17-15-27)23-8-4-5-13-26-23/h1-13,24H,14-19H2. The molecule has 1 aromatic heterocycles. The Morgan fingerprint density at radius 3 is 2.21 bits per heavy atom. The molecule has 1 atom stereocenters. The molecular weight excluding hydrogens is 398 g/mol. The molecule has 0 saturated carbocycles. The fourth-order valence-electron chi connectivity index (χ4n) is 3.69. The van der Waals surface area contributed by atoms with Gasteiger partial charge in [0.05, 0.1) is 5.25 Å². The van der Waals surface area contributed by atoms with Crippen molar-refractivity contribution in [2.24, 2.45) is 0 Å². The van der Waals surface area contributed by atoms with E-state index in [9.17, 15) is 0 Å². The number of nitrogens with zero attached hydrogens (tertiary/aromatic N) is 3. The summed E-state index contributed by atoms with van der Waals surface area (Å²) >= 11 is 8.12. The fraction of sp³-hybridized carbons (Fsp3) is 0.292. The van der Waals surface area contributed by atoms with Gasteiger partial charge in [-0.15, -0.1) is 11.8 Å². The highest BCUT2D eigenvalue weighted by molar-refractivity contribution is 7.99. The number of anilines is 1. The van der Waals surface area contributed by atoms with E-state index in [1.807, 2.05) is 36.2 Å². The molecule has 1 fully saturated rings. The molecule has 29 heavy (non-hydrogen) atoms. The number of piperazine rings is 1. The van der Waals surface area contributed by atoms with Crippen molar-refractivity contribution >= 4 is 29.2 Å². The maximum atomic E-state index is 6.10. The maximum Gasteiger partial charge on any atom is 0.128 e. The van der Waals surface area contributed by atoms with E-state index in [4.69, 9.17) is 11.6 Å². The van der Waals surface area contributed by atoms with Gasteiger partial charge in [0.15, 0.2) is 0 Å². The second-order valence-electron chi connectivity index (χ2n) is 7.23. The minimum atomic E-state index is 0.336. The van der Waals surface area contributed by atoms with Gasteiger partial charge in [0.1, 0.15) is 5.82 Å². The number of hydrogen-bond donors (Lipinski definition) is 0. The monoisotopic (exact) mass is 423 g/mol. The van der Waals surface area contributed by atoms with Crippen LogP contribution in [0.25, 0.3) is 0 Å². The highest BCUT2D eigenvalue weighted by Gasteiger charge is 2.19. The number of benzene rings is 2. The van der Waals surface area contributed by atoms with Crippen molar-refractivity contribution in [1.82, 2.24) is 9.88 Å². The summed E-state index contributed by atoms with van der Waals surface area (Å²) in [7, 11) is 0. The molecule has 150 valence electrons. The van der Waals surface area contributed by atoms with Crippen LogP contribution in [0.2, 0.25) is 5.02 Å². The molecule has 0 radical (unpaired) electrons. The second kappa shape index (κ2) is 10.1. The molecule has 0 bridgehead atoms. The summed E-state index contributed by atoms with van der Waals surface area (Å²) in [6.45, 7) is 5.38. The Hall–Kier alpha value is -2.01. The predicted molar refractivity (Wildman–Crippen MR) is 125 cm³/mol. The third-order valence-electron chi connectivity index (χ3n) is 5.31. The predicted octanol–water partition coefficient (Wildman–Crippen LogP) is 5.38. The number of hydrogen-bond acceptors (Lipinski definition) is 4. The average molecular weight is 424 g/mol. The Morgan fingerprint density at radius 1 is 0.828 bits per heavy atom. The Labute approximate surface area is 182 Å². The molecule has 0 amide bonds. The van der Waals surface area contributed by atoms with Crippen LogP contribution in [0.1, 0.15) is 16.4 Å². The molecule has 2 aromatic carbocycles. The van der Waals surface area contributed by atoms with Crippen LogP contribution < -0.4 is 4.90 Å². The van der Waals surface area contributed by atoms with Crippen LogP contribution in [0.5, 0.6) is 0 Å². The summed E-state index contributed by atoms with van der Waals surface area (Å²) in [6.07, 6.45) is 1.87. The molecule has 3 aromatic rings. The van der Waals surface area contributed by atoms with Crippen LogP contribution >= 0.6 is 23.4 Å². The molecule has 0 spiro atoms. The first-order valence-corrected chi connectivity index (χ1v) is 11.5. The highest BCUT2D eigenvalue weighted by Crippen LogP contribution is 2.36. The summed E-state index contributed by atoms with van der Waals surface area (Å²) in [5.74, 6) is 2.19. The second-order valence-corrected chi connectivity index (χ2v) is 8.88. The number of rotatable bonds is 7. The Morgan fingerprint density at radius 2 is 1.52 bits per heavy atom. The van der Waals surface area contributed by atoms with Gasteiger partial charge in [-0.2, -0.15) is 0 Å². The molecule has 1 aliphatic heterocycles. The summed E-state index contributed by atoms with van der Waals surface area (Å²) in [4.78, 5) is 9.42. The summed E-state index contributed by atoms with van der Waals surface area (Å²) in [5, 5.41) is 1.12. The van der Waals surface area contributed by atoms with Crippen molar-refractivity contribution in [3.63, 3.8) is 0 Å². The van der Waals surface area contributed by atoms with Gasteiger partial charge in [0.2, 0.25) is 0 Å². The van der Waals surface area contributed by atoms with E-state index < -0.39 is 0 Å². The van der Waals surface area contributed by atoms with Crippen molar-refractivity contribution in [2.45, 2.75) is 5.25 Å². The molecule has 5 heteroatoms. The third kappa shape index (κ3) is 5.53. The van der Waals surface area contributed by atoms with Crippen molar-refractivity contribution < 1.29 is 0 Å². The van der Waals surface area contributed by atoms with Crippen LogP contribution in [0.3, 0.4) is 0 Å². The smallest absolute Gasteiger partial charge is 0.128 e. The van der Waals surface area contributed by atoms with E-state index >= 15 is 0 Å². The fourth-order valence-corrected chi connectivity index (χ4v) is 5.12. The molecule has 1 unspecified atom stereocenters. The van der Waals surface area contributed by atoms with Crippen molar-refractivity contribution in [3.05, 3.63) is 95.1 Å². The first kappa shape index (κ1) is 20.3. The molecule has 2 heterocycles. The van der Waals surface area contributed by atoms with Crippen molar-refractivity contribution in [3.8, 4) is 0 Å². The minimum absolute atomic E-state index is 0.336. The Bertz CT molecular complexity index is 866. The zero-order valence-electron chi connectivity index (χ0n) is 16.5. The van der Waals surface area contributed by atoms with Crippen LogP contribution in [-0.4, -0.2) is 48.4 Å². The van der Waals surface area contributed by atoms with Crippen LogP contribution in [-0.2, 0) is 0 Å². The SMILES string of the molecule is Clc1ccc(C(SCCN2CCN(c3ccccn3)CC2)c2ccccc2)cc1. The number of thioether (sulfide) groups is 1. The van der Waals surface area contributed by atoms with Crippen molar-refractivity contribution in [1.29, 1.82) is 0 Å². The molecular formula is C24H26ClN3S. The van der Waals surface area contributed by atoms with Crippen LogP contribution in [0.4, 0.5) is 5.82 Å². The maximum absolute atomic E-state index is 6.10. The summed E-state index contributed by atoms with van der Waals surface area (Å²) < 4.78 is 0. The zero-order chi connectivity index (χ0) is 19.9. The lowest BCUT2D eigenvalue weighted by Gasteiger charge is -2.35. The topological polar surface area (TPSA) is 19.4 Å². The quantitative estimate of drug-likeness (QED) is 0.507. The van der Waals surface area contributed by atoms with Gasteiger partial charge in [-0.1, -0.05) is 60.1 Å². The van der Waals surface area contributed by atoms with Crippen LogP contribution in [0, 0.1) is 0 Å². The zero-order valence-corrected chi connectivity index (χ0v) is 18.0. The van der Waals surface area contributed by atoms with Gasteiger partial charge in [-0.3, -0.25) is 4.90 Å².